The molecular formula is C21H23BrFNO. The van der Waals surface area contributed by atoms with E-state index in [2.05, 4.69) is 40.0 Å². The molecule has 25 heavy (non-hydrogen) atoms. The molecule has 0 saturated carbocycles. The highest BCUT2D eigenvalue weighted by Crippen LogP contribution is 2.39. The molecule has 0 aromatic heterocycles. The number of ether oxygens (including phenoxy) is 1. The van der Waals surface area contributed by atoms with Crippen molar-refractivity contribution in [2.24, 2.45) is 0 Å². The van der Waals surface area contributed by atoms with Gasteiger partial charge in [0.2, 0.25) is 0 Å². The maximum Gasteiger partial charge on any atom is 0.123 e. The van der Waals surface area contributed by atoms with Crippen LogP contribution in [0.15, 0.2) is 53.0 Å². The van der Waals surface area contributed by atoms with E-state index in [9.17, 15) is 4.39 Å². The largest absolute Gasteiger partial charge is 0.365 e. The molecule has 2 unspecified atom stereocenters. The van der Waals surface area contributed by atoms with Gasteiger partial charge >= 0.3 is 0 Å². The summed E-state index contributed by atoms with van der Waals surface area (Å²) in [5, 5.41) is 0. The molecule has 0 N–H and O–H groups in total. The second-order valence-electron chi connectivity index (χ2n) is 7.27. The minimum Gasteiger partial charge on any atom is -0.365 e. The smallest absolute Gasteiger partial charge is 0.123 e. The van der Waals surface area contributed by atoms with Crippen LogP contribution in [0.2, 0.25) is 0 Å². The normalized spacial score (nSPS) is 27.4. The maximum absolute atomic E-state index is 13.4. The molecule has 0 aliphatic carbocycles. The molecule has 2 aromatic rings. The zero-order valence-electron chi connectivity index (χ0n) is 14.4. The van der Waals surface area contributed by atoms with Gasteiger partial charge in [0.25, 0.3) is 0 Å². The van der Waals surface area contributed by atoms with E-state index in [1.165, 1.54) is 25.0 Å². The van der Waals surface area contributed by atoms with Crippen LogP contribution in [-0.2, 0) is 4.74 Å². The van der Waals surface area contributed by atoms with Crippen molar-refractivity contribution in [3.8, 4) is 0 Å². The number of nitrogens with zero attached hydrogens (tertiary/aromatic N) is 1. The van der Waals surface area contributed by atoms with E-state index in [4.69, 9.17) is 4.74 Å². The fourth-order valence-corrected chi connectivity index (χ4v) is 4.74. The van der Waals surface area contributed by atoms with Gasteiger partial charge in [-0.3, -0.25) is 0 Å². The van der Waals surface area contributed by atoms with Gasteiger partial charge in [0.05, 0.1) is 6.10 Å². The predicted octanol–water partition coefficient (Wildman–Crippen LogP) is 5.32. The number of piperidine rings is 1. The fraction of sp³-hybridized carbons (Fsp3) is 0.429. The summed E-state index contributed by atoms with van der Waals surface area (Å²) in [5.74, 6) is -0.214. The first-order valence-electron chi connectivity index (χ1n) is 8.98. The summed E-state index contributed by atoms with van der Waals surface area (Å²) in [6.07, 6.45) is 4.81. The summed E-state index contributed by atoms with van der Waals surface area (Å²) in [5.41, 5.74) is 2.11. The molecule has 0 spiro atoms. The summed E-state index contributed by atoms with van der Waals surface area (Å²) in [6.45, 7) is 0. The molecule has 2 aromatic carbocycles. The summed E-state index contributed by atoms with van der Waals surface area (Å²) in [6, 6.07) is 16.2. The summed E-state index contributed by atoms with van der Waals surface area (Å²) >= 11 is 3.55. The van der Waals surface area contributed by atoms with E-state index in [-0.39, 0.29) is 18.0 Å². The Morgan fingerprint density at radius 2 is 1.72 bits per heavy atom. The van der Waals surface area contributed by atoms with Gasteiger partial charge in [0.1, 0.15) is 11.9 Å². The summed E-state index contributed by atoms with van der Waals surface area (Å²) in [4.78, 5) is 2.52. The van der Waals surface area contributed by atoms with E-state index >= 15 is 0 Å². The van der Waals surface area contributed by atoms with E-state index in [0.29, 0.717) is 12.1 Å². The van der Waals surface area contributed by atoms with Crippen LogP contribution in [0.1, 0.15) is 42.9 Å². The Bertz CT molecular complexity index is 721. The Labute approximate surface area is 157 Å². The standard InChI is InChI=1S/C21H23BrFNO/c1-24-18-9-10-19(24)13-20(12-18)25-21(14-5-7-17(23)8-6-14)15-3-2-4-16(22)11-15/h2-8,11,18-21H,9-10,12-13H2,1H3/t18-,19+,20?,21?. The highest BCUT2D eigenvalue weighted by Gasteiger charge is 2.39. The Morgan fingerprint density at radius 1 is 1.04 bits per heavy atom. The third kappa shape index (κ3) is 3.67. The van der Waals surface area contributed by atoms with E-state index in [1.54, 1.807) is 0 Å². The maximum atomic E-state index is 13.4. The molecule has 2 nitrogen and oxygen atoms in total. The average molecular weight is 404 g/mol. The van der Waals surface area contributed by atoms with Crippen LogP contribution in [0.5, 0.6) is 0 Å². The van der Waals surface area contributed by atoms with E-state index in [1.807, 2.05) is 24.3 Å². The molecule has 4 heteroatoms. The van der Waals surface area contributed by atoms with Crippen molar-refractivity contribution < 1.29 is 9.13 Å². The van der Waals surface area contributed by atoms with Gasteiger partial charge in [-0.2, -0.15) is 0 Å². The number of rotatable bonds is 4. The van der Waals surface area contributed by atoms with Crippen LogP contribution in [0, 0.1) is 5.82 Å². The number of hydrogen-bond donors (Lipinski definition) is 0. The first-order chi connectivity index (χ1) is 12.1. The molecule has 132 valence electrons. The zero-order valence-corrected chi connectivity index (χ0v) is 16.0. The summed E-state index contributed by atoms with van der Waals surface area (Å²) in [7, 11) is 2.24. The molecule has 2 heterocycles. The number of halogens is 2. The minimum absolute atomic E-state index is 0.161. The lowest BCUT2D eigenvalue weighted by Crippen LogP contribution is -2.43. The molecule has 2 saturated heterocycles. The molecule has 2 fully saturated rings. The second kappa shape index (κ2) is 7.18. The second-order valence-corrected chi connectivity index (χ2v) is 8.18. The van der Waals surface area contributed by atoms with Gasteiger partial charge in [0.15, 0.2) is 0 Å². The first-order valence-corrected chi connectivity index (χ1v) is 9.78. The van der Waals surface area contributed by atoms with E-state index < -0.39 is 0 Å². The third-order valence-electron chi connectivity index (χ3n) is 5.71. The Kier molecular flexibility index (Phi) is 4.94. The lowest BCUT2D eigenvalue weighted by atomic mass is 9.97. The fourth-order valence-electron chi connectivity index (χ4n) is 4.32. The van der Waals surface area contributed by atoms with Crippen LogP contribution in [0.4, 0.5) is 4.39 Å². The third-order valence-corrected chi connectivity index (χ3v) is 6.20. The number of benzene rings is 2. The molecule has 4 rings (SSSR count). The van der Waals surface area contributed by atoms with Crippen molar-refractivity contribution in [2.45, 2.75) is 50.0 Å². The van der Waals surface area contributed by atoms with Crippen molar-refractivity contribution in [3.63, 3.8) is 0 Å². The van der Waals surface area contributed by atoms with Crippen molar-refractivity contribution in [1.82, 2.24) is 4.90 Å². The van der Waals surface area contributed by atoms with Crippen molar-refractivity contribution in [1.29, 1.82) is 0 Å². The van der Waals surface area contributed by atoms with Gasteiger partial charge in [-0.05, 0) is 68.1 Å². The van der Waals surface area contributed by atoms with Crippen LogP contribution in [0.25, 0.3) is 0 Å². The lowest BCUT2D eigenvalue weighted by molar-refractivity contribution is -0.0426. The number of fused-ring (bicyclic) bond motifs is 2. The topological polar surface area (TPSA) is 12.5 Å². The van der Waals surface area contributed by atoms with Crippen LogP contribution >= 0.6 is 15.9 Å². The van der Waals surface area contributed by atoms with Crippen LogP contribution < -0.4 is 0 Å². The van der Waals surface area contributed by atoms with Gasteiger partial charge < -0.3 is 9.64 Å². The van der Waals surface area contributed by atoms with Crippen molar-refractivity contribution in [3.05, 3.63) is 69.9 Å². The predicted molar refractivity (Wildman–Crippen MR) is 101 cm³/mol. The highest BCUT2D eigenvalue weighted by atomic mass is 79.9. The van der Waals surface area contributed by atoms with Gasteiger partial charge in [-0.1, -0.05) is 40.2 Å². The Balaban J connectivity index is 1.60. The van der Waals surface area contributed by atoms with Crippen LogP contribution in [-0.4, -0.2) is 30.1 Å². The van der Waals surface area contributed by atoms with Crippen molar-refractivity contribution >= 4 is 15.9 Å². The van der Waals surface area contributed by atoms with Gasteiger partial charge in [-0.25, -0.2) is 4.39 Å². The quantitative estimate of drug-likeness (QED) is 0.684. The number of hydrogen-bond acceptors (Lipinski definition) is 2. The van der Waals surface area contributed by atoms with Gasteiger partial charge in [0, 0.05) is 16.6 Å². The monoisotopic (exact) mass is 403 g/mol. The average Bonchev–Trinajstić information content (AvgIpc) is 2.82. The Hall–Kier alpha value is -1.23. The summed E-state index contributed by atoms with van der Waals surface area (Å²) < 4.78 is 21.0. The first kappa shape index (κ1) is 17.2. The van der Waals surface area contributed by atoms with Crippen molar-refractivity contribution in [2.75, 3.05) is 7.05 Å². The molecular weight excluding hydrogens is 381 g/mol. The zero-order chi connectivity index (χ0) is 17.4. The SMILES string of the molecule is CN1[C@@H]2CC[C@H]1CC(OC(c1ccc(F)cc1)c1cccc(Br)c1)C2. The van der Waals surface area contributed by atoms with Crippen LogP contribution in [0.3, 0.4) is 0 Å². The molecule has 0 amide bonds. The molecule has 2 bridgehead atoms. The lowest BCUT2D eigenvalue weighted by Gasteiger charge is -2.38. The van der Waals surface area contributed by atoms with Gasteiger partial charge in [-0.15, -0.1) is 0 Å². The Morgan fingerprint density at radius 3 is 2.36 bits per heavy atom. The minimum atomic E-state index is -0.214. The molecule has 4 atom stereocenters. The molecule has 2 aliphatic heterocycles. The van der Waals surface area contributed by atoms with E-state index in [0.717, 1.165) is 28.4 Å². The highest BCUT2D eigenvalue weighted by molar-refractivity contribution is 9.10. The molecule has 2 aliphatic rings. The molecule has 0 radical (unpaired) electrons.